The molecule has 1 aliphatic carbocycles. The fourth-order valence-electron chi connectivity index (χ4n) is 3.63. The molecule has 1 aliphatic heterocycles. The lowest BCUT2D eigenvalue weighted by molar-refractivity contribution is 0.0521. The SMILES string of the molecule is O=C(c1cc(S)ccc1Cl)N1CCC2CCCCC2C1. The van der Waals surface area contributed by atoms with Crippen LogP contribution in [0.15, 0.2) is 23.1 Å². The Kier molecular flexibility index (Phi) is 4.27. The van der Waals surface area contributed by atoms with Gasteiger partial charge in [-0.05, 0) is 42.9 Å². The first kappa shape index (κ1) is 14.3. The van der Waals surface area contributed by atoms with Gasteiger partial charge in [0, 0.05) is 18.0 Å². The maximum absolute atomic E-state index is 12.7. The van der Waals surface area contributed by atoms with Gasteiger partial charge in [-0.3, -0.25) is 4.79 Å². The zero-order chi connectivity index (χ0) is 14.1. The maximum atomic E-state index is 12.7. The van der Waals surface area contributed by atoms with E-state index in [2.05, 4.69) is 12.6 Å². The van der Waals surface area contributed by atoms with Gasteiger partial charge in [0.15, 0.2) is 0 Å². The minimum atomic E-state index is 0.0647. The van der Waals surface area contributed by atoms with Crippen LogP contribution in [0.5, 0.6) is 0 Å². The average molecular weight is 310 g/mol. The van der Waals surface area contributed by atoms with Gasteiger partial charge in [0.05, 0.1) is 10.6 Å². The van der Waals surface area contributed by atoms with E-state index in [1.165, 1.54) is 25.7 Å². The highest BCUT2D eigenvalue weighted by molar-refractivity contribution is 7.80. The van der Waals surface area contributed by atoms with Crippen LogP contribution in [0.3, 0.4) is 0 Å². The topological polar surface area (TPSA) is 20.3 Å². The molecular formula is C16H20ClNOS. The molecule has 0 N–H and O–H groups in total. The summed E-state index contributed by atoms with van der Waals surface area (Å²) in [5.74, 6) is 1.59. The number of hydrogen-bond acceptors (Lipinski definition) is 2. The number of thiol groups is 1. The number of nitrogens with zero attached hydrogens (tertiary/aromatic N) is 1. The third-order valence-corrected chi connectivity index (χ3v) is 5.37. The minimum Gasteiger partial charge on any atom is -0.338 e. The second-order valence-corrected chi connectivity index (χ2v) is 6.93. The van der Waals surface area contributed by atoms with E-state index >= 15 is 0 Å². The number of amides is 1. The monoisotopic (exact) mass is 309 g/mol. The van der Waals surface area contributed by atoms with Crippen LogP contribution in [0.2, 0.25) is 5.02 Å². The summed E-state index contributed by atoms with van der Waals surface area (Å²) in [4.78, 5) is 15.4. The summed E-state index contributed by atoms with van der Waals surface area (Å²) >= 11 is 10.5. The first-order valence-corrected chi connectivity index (χ1v) is 8.25. The van der Waals surface area contributed by atoms with E-state index < -0.39 is 0 Å². The predicted octanol–water partition coefficient (Wildman–Crippen LogP) is 4.28. The second-order valence-electron chi connectivity index (χ2n) is 6.01. The molecule has 0 bridgehead atoms. The van der Waals surface area contributed by atoms with Gasteiger partial charge >= 0.3 is 0 Å². The Morgan fingerprint density at radius 2 is 1.95 bits per heavy atom. The lowest BCUT2D eigenvalue weighted by Crippen LogP contribution is -2.44. The van der Waals surface area contributed by atoms with Crippen molar-refractivity contribution in [1.82, 2.24) is 4.90 Å². The van der Waals surface area contributed by atoms with E-state index in [-0.39, 0.29) is 5.91 Å². The lowest BCUT2D eigenvalue weighted by atomic mass is 9.75. The van der Waals surface area contributed by atoms with Crippen LogP contribution in [-0.2, 0) is 0 Å². The van der Waals surface area contributed by atoms with Crippen molar-refractivity contribution in [3.8, 4) is 0 Å². The van der Waals surface area contributed by atoms with Crippen molar-refractivity contribution >= 4 is 30.1 Å². The van der Waals surface area contributed by atoms with Crippen LogP contribution in [0.1, 0.15) is 42.5 Å². The van der Waals surface area contributed by atoms with Gasteiger partial charge in [-0.15, -0.1) is 12.6 Å². The van der Waals surface area contributed by atoms with Gasteiger partial charge < -0.3 is 4.90 Å². The van der Waals surface area contributed by atoms with Crippen LogP contribution in [0.25, 0.3) is 0 Å². The zero-order valence-corrected chi connectivity index (χ0v) is 13.2. The van der Waals surface area contributed by atoms with Crippen molar-refractivity contribution in [3.63, 3.8) is 0 Å². The number of rotatable bonds is 1. The van der Waals surface area contributed by atoms with Gasteiger partial charge in [0.1, 0.15) is 0 Å². The van der Waals surface area contributed by atoms with E-state index in [0.717, 1.165) is 30.3 Å². The molecule has 1 heterocycles. The quantitative estimate of drug-likeness (QED) is 0.768. The van der Waals surface area contributed by atoms with E-state index in [1.807, 2.05) is 11.0 Å². The molecule has 0 radical (unpaired) electrons. The number of fused-ring (bicyclic) bond motifs is 1. The average Bonchev–Trinajstić information content (AvgIpc) is 2.48. The Bertz CT molecular complexity index is 519. The summed E-state index contributed by atoms with van der Waals surface area (Å²) in [6, 6.07) is 5.35. The Balaban J connectivity index is 1.76. The normalized spacial score (nSPS) is 26.2. The zero-order valence-electron chi connectivity index (χ0n) is 11.5. The molecule has 20 heavy (non-hydrogen) atoms. The molecule has 2 fully saturated rings. The summed E-state index contributed by atoms with van der Waals surface area (Å²) in [6.07, 6.45) is 6.45. The molecule has 108 valence electrons. The van der Waals surface area contributed by atoms with Gasteiger partial charge in [0.25, 0.3) is 5.91 Å². The van der Waals surface area contributed by atoms with Crippen molar-refractivity contribution in [2.24, 2.45) is 11.8 Å². The molecule has 2 atom stereocenters. The summed E-state index contributed by atoms with van der Waals surface area (Å²) in [5, 5.41) is 0.526. The maximum Gasteiger partial charge on any atom is 0.255 e. The Morgan fingerprint density at radius 1 is 1.20 bits per heavy atom. The molecule has 1 aromatic carbocycles. The third kappa shape index (κ3) is 2.84. The van der Waals surface area contributed by atoms with Crippen LogP contribution < -0.4 is 0 Å². The van der Waals surface area contributed by atoms with E-state index in [9.17, 15) is 4.79 Å². The minimum absolute atomic E-state index is 0.0647. The Labute approximate surface area is 130 Å². The molecule has 3 rings (SSSR count). The standard InChI is InChI=1S/C16H20ClNOS/c17-15-6-5-13(20)9-14(15)16(19)18-8-7-11-3-1-2-4-12(11)10-18/h5-6,9,11-12,20H,1-4,7-8,10H2. The number of carbonyl (C=O) groups is 1. The fourth-order valence-corrected chi connectivity index (χ4v) is 4.03. The highest BCUT2D eigenvalue weighted by atomic mass is 35.5. The summed E-state index contributed by atoms with van der Waals surface area (Å²) in [7, 11) is 0. The van der Waals surface area contributed by atoms with Crippen LogP contribution in [0, 0.1) is 11.8 Å². The molecular weight excluding hydrogens is 290 g/mol. The third-order valence-electron chi connectivity index (χ3n) is 4.76. The van der Waals surface area contributed by atoms with E-state index in [1.54, 1.807) is 12.1 Å². The molecule has 1 saturated heterocycles. The molecule has 1 saturated carbocycles. The molecule has 2 nitrogen and oxygen atoms in total. The van der Waals surface area contributed by atoms with Gasteiger partial charge in [-0.2, -0.15) is 0 Å². The van der Waals surface area contributed by atoms with Crippen molar-refractivity contribution in [2.75, 3.05) is 13.1 Å². The number of benzene rings is 1. The number of halogens is 1. The van der Waals surface area contributed by atoms with Crippen molar-refractivity contribution in [3.05, 3.63) is 28.8 Å². The molecule has 0 spiro atoms. The largest absolute Gasteiger partial charge is 0.338 e. The van der Waals surface area contributed by atoms with Gasteiger partial charge in [-0.1, -0.05) is 30.9 Å². The predicted molar refractivity (Wildman–Crippen MR) is 84.7 cm³/mol. The Morgan fingerprint density at radius 3 is 2.75 bits per heavy atom. The first-order chi connectivity index (χ1) is 9.65. The molecule has 2 unspecified atom stereocenters. The smallest absolute Gasteiger partial charge is 0.255 e. The molecule has 0 aromatic heterocycles. The van der Waals surface area contributed by atoms with Crippen LogP contribution in [0.4, 0.5) is 0 Å². The van der Waals surface area contributed by atoms with Crippen LogP contribution >= 0.6 is 24.2 Å². The lowest BCUT2D eigenvalue weighted by Gasteiger charge is -2.41. The second kappa shape index (κ2) is 5.98. The summed E-state index contributed by atoms with van der Waals surface area (Å²) in [6.45, 7) is 1.77. The number of hydrogen-bond donors (Lipinski definition) is 1. The van der Waals surface area contributed by atoms with Gasteiger partial charge in [-0.25, -0.2) is 0 Å². The van der Waals surface area contributed by atoms with Gasteiger partial charge in [0.2, 0.25) is 0 Å². The Hall–Kier alpha value is -0.670. The molecule has 2 aliphatic rings. The number of likely N-dealkylation sites (tertiary alicyclic amines) is 1. The molecule has 4 heteroatoms. The van der Waals surface area contributed by atoms with Crippen molar-refractivity contribution < 1.29 is 4.79 Å². The summed E-state index contributed by atoms with van der Waals surface area (Å²) in [5.41, 5.74) is 0.591. The number of carbonyl (C=O) groups excluding carboxylic acids is 1. The molecule has 1 amide bonds. The van der Waals surface area contributed by atoms with Crippen molar-refractivity contribution in [2.45, 2.75) is 37.0 Å². The highest BCUT2D eigenvalue weighted by Crippen LogP contribution is 2.36. The molecule has 1 aromatic rings. The highest BCUT2D eigenvalue weighted by Gasteiger charge is 2.33. The summed E-state index contributed by atoms with van der Waals surface area (Å²) < 4.78 is 0. The van der Waals surface area contributed by atoms with Crippen LogP contribution in [-0.4, -0.2) is 23.9 Å². The first-order valence-electron chi connectivity index (χ1n) is 7.43. The number of piperidine rings is 1. The van der Waals surface area contributed by atoms with E-state index in [0.29, 0.717) is 16.5 Å². The van der Waals surface area contributed by atoms with Crippen molar-refractivity contribution in [1.29, 1.82) is 0 Å². The fraction of sp³-hybridized carbons (Fsp3) is 0.562. The van der Waals surface area contributed by atoms with E-state index in [4.69, 9.17) is 11.6 Å².